The van der Waals surface area contributed by atoms with E-state index in [1.165, 1.54) is 0 Å². The second-order valence-electron chi connectivity index (χ2n) is 3.09. The van der Waals surface area contributed by atoms with Crippen LogP contribution in [-0.2, 0) is 0 Å². The van der Waals surface area contributed by atoms with E-state index in [2.05, 4.69) is 12.0 Å². The highest BCUT2D eigenvalue weighted by Crippen LogP contribution is 2.21. The molecule has 1 heterocycles. The molecule has 15 heavy (non-hydrogen) atoms. The SMILES string of the molecule is CCSc1cc(N)n(-c2ccccc2)n1. The van der Waals surface area contributed by atoms with E-state index in [1.807, 2.05) is 36.4 Å². The number of nitrogens with two attached hydrogens (primary N) is 1. The molecule has 0 amide bonds. The van der Waals surface area contributed by atoms with Crippen molar-refractivity contribution in [2.24, 2.45) is 0 Å². The summed E-state index contributed by atoms with van der Waals surface area (Å²) in [4.78, 5) is 0. The van der Waals surface area contributed by atoms with Crippen LogP contribution in [0.4, 0.5) is 5.82 Å². The Morgan fingerprint density at radius 2 is 2.07 bits per heavy atom. The summed E-state index contributed by atoms with van der Waals surface area (Å²) in [5, 5.41) is 5.40. The predicted octanol–water partition coefficient (Wildman–Crippen LogP) is 2.57. The van der Waals surface area contributed by atoms with Crippen molar-refractivity contribution in [3.63, 3.8) is 0 Å². The van der Waals surface area contributed by atoms with Crippen LogP contribution in [0, 0.1) is 0 Å². The molecule has 0 spiro atoms. The van der Waals surface area contributed by atoms with Gasteiger partial charge < -0.3 is 5.73 Å². The molecule has 4 heteroatoms. The Hall–Kier alpha value is -1.42. The number of thioether (sulfide) groups is 1. The van der Waals surface area contributed by atoms with Crippen LogP contribution in [0.3, 0.4) is 0 Å². The Balaban J connectivity index is 2.36. The Morgan fingerprint density at radius 3 is 2.73 bits per heavy atom. The molecule has 1 aromatic heterocycles. The molecule has 2 rings (SSSR count). The van der Waals surface area contributed by atoms with Gasteiger partial charge in [-0.05, 0) is 17.9 Å². The quantitative estimate of drug-likeness (QED) is 0.807. The third-order valence-corrected chi connectivity index (χ3v) is 2.79. The number of nitrogen functional groups attached to an aromatic ring is 1. The van der Waals surface area contributed by atoms with Crippen LogP contribution in [0.15, 0.2) is 41.4 Å². The molecule has 0 saturated carbocycles. The zero-order chi connectivity index (χ0) is 10.7. The summed E-state index contributed by atoms with van der Waals surface area (Å²) in [5.41, 5.74) is 6.89. The van der Waals surface area contributed by atoms with Gasteiger partial charge in [-0.1, -0.05) is 25.1 Å². The lowest BCUT2D eigenvalue weighted by Gasteiger charge is -2.02. The second kappa shape index (κ2) is 4.40. The van der Waals surface area contributed by atoms with Crippen LogP contribution >= 0.6 is 11.8 Å². The molecule has 0 unspecified atom stereocenters. The molecule has 0 aliphatic rings. The van der Waals surface area contributed by atoms with Gasteiger partial charge in [0.25, 0.3) is 0 Å². The summed E-state index contributed by atoms with van der Waals surface area (Å²) in [6.07, 6.45) is 0. The maximum Gasteiger partial charge on any atom is 0.128 e. The molecule has 3 nitrogen and oxygen atoms in total. The number of hydrogen-bond donors (Lipinski definition) is 1. The van der Waals surface area contributed by atoms with Crippen molar-refractivity contribution in [1.82, 2.24) is 9.78 Å². The van der Waals surface area contributed by atoms with E-state index >= 15 is 0 Å². The van der Waals surface area contributed by atoms with Gasteiger partial charge in [0.2, 0.25) is 0 Å². The van der Waals surface area contributed by atoms with E-state index < -0.39 is 0 Å². The lowest BCUT2D eigenvalue weighted by Crippen LogP contribution is -2.00. The summed E-state index contributed by atoms with van der Waals surface area (Å²) < 4.78 is 1.76. The average Bonchev–Trinajstić information content (AvgIpc) is 2.61. The molecule has 0 radical (unpaired) electrons. The Bertz CT molecular complexity index is 436. The largest absolute Gasteiger partial charge is 0.384 e. The molecule has 1 aromatic carbocycles. The van der Waals surface area contributed by atoms with Crippen molar-refractivity contribution in [3.05, 3.63) is 36.4 Å². The number of para-hydroxylation sites is 1. The first-order chi connectivity index (χ1) is 7.31. The standard InChI is InChI=1S/C11H13N3S/c1-2-15-11-8-10(12)14(13-11)9-6-4-3-5-7-9/h3-8H,2,12H2,1H3. The van der Waals surface area contributed by atoms with Crippen LogP contribution in [0.2, 0.25) is 0 Å². The Morgan fingerprint density at radius 1 is 1.33 bits per heavy atom. The lowest BCUT2D eigenvalue weighted by molar-refractivity contribution is 0.846. The zero-order valence-electron chi connectivity index (χ0n) is 8.55. The first kappa shape index (κ1) is 10.1. The Labute approximate surface area is 93.3 Å². The van der Waals surface area contributed by atoms with E-state index in [4.69, 9.17) is 5.73 Å². The number of benzene rings is 1. The summed E-state index contributed by atoms with van der Waals surface area (Å²) in [5.74, 6) is 1.68. The minimum absolute atomic E-state index is 0.678. The van der Waals surface area contributed by atoms with Gasteiger partial charge in [-0.25, -0.2) is 4.68 Å². The number of rotatable bonds is 3. The van der Waals surface area contributed by atoms with Gasteiger partial charge >= 0.3 is 0 Å². The normalized spacial score (nSPS) is 10.5. The minimum Gasteiger partial charge on any atom is -0.384 e. The van der Waals surface area contributed by atoms with E-state index in [9.17, 15) is 0 Å². The van der Waals surface area contributed by atoms with Crippen molar-refractivity contribution in [2.75, 3.05) is 11.5 Å². The van der Waals surface area contributed by atoms with Crippen molar-refractivity contribution >= 4 is 17.6 Å². The second-order valence-corrected chi connectivity index (χ2v) is 4.37. The maximum atomic E-state index is 5.89. The van der Waals surface area contributed by atoms with Crippen molar-refractivity contribution in [1.29, 1.82) is 0 Å². The van der Waals surface area contributed by atoms with Crippen LogP contribution in [0.5, 0.6) is 0 Å². The van der Waals surface area contributed by atoms with E-state index in [1.54, 1.807) is 16.4 Å². The van der Waals surface area contributed by atoms with Gasteiger partial charge in [-0.2, -0.15) is 5.10 Å². The van der Waals surface area contributed by atoms with E-state index in [0.717, 1.165) is 16.5 Å². The first-order valence-electron chi connectivity index (χ1n) is 4.85. The van der Waals surface area contributed by atoms with Crippen molar-refractivity contribution in [2.45, 2.75) is 11.9 Å². The molecular weight excluding hydrogens is 206 g/mol. The van der Waals surface area contributed by atoms with E-state index in [-0.39, 0.29) is 0 Å². The molecule has 0 aliphatic heterocycles. The van der Waals surface area contributed by atoms with Gasteiger partial charge in [0.15, 0.2) is 0 Å². The van der Waals surface area contributed by atoms with Gasteiger partial charge in [-0.15, -0.1) is 11.8 Å². The Kier molecular flexibility index (Phi) is 2.97. The lowest BCUT2D eigenvalue weighted by atomic mass is 10.3. The fourth-order valence-electron chi connectivity index (χ4n) is 1.37. The molecule has 78 valence electrons. The average molecular weight is 219 g/mol. The summed E-state index contributed by atoms with van der Waals surface area (Å²) in [7, 11) is 0. The highest BCUT2D eigenvalue weighted by molar-refractivity contribution is 7.99. The first-order valence-corrected chi connectivity index (χ1v) is 5.83. The molecule has 0 saturated heterocycles. The van der Waals surface area contributed by atoms with Gasteiger partial charge in [0.05, 0.1) is 5.69 Å². The molecule has 2 N–H and O–H groups in total. The number of aromatic nitrogens is 2. The van der Waals surface area contributed by atoms with Crippen molar-refractivity contribution in [3.8, 4) is 5.69 Å². The van der Waals surface area contributed by atoms with Gasteiger partial charge in [-0.3, -0.25) is 0 Å². The fourth-order valence-corrected chi connectivity index (χ4v) is 2.01. The monoisotopic (exact) mass is 219 g/mol. The van der Waals surface area contributed by atoms with Gasteiger partial charge in [0, 0.05) is 6.07 Å². The third-order valence-electron chi connectivity index (χ3n) is 2.01. The van der Waals surface area contributed by atoms with Crippen LogP contribution < -0.4 is 5.73 Å². The van der Waals surface area contributed by atoms with Gasteiger partial charge in [0.1, 0.15) is 10.8 Å². The summed E-state index contributed by atoms with van der Waals surface area (Å²) in [6, 6.07) is 11.8. The van der Waals surface area contributed by atoms with Crippen LogP contribution in [0.25, 0.3) is 5.69 Å². The minimum atomic E-state index is 0.678. The number of hydrogen-bond acceptors (Lipinski definition) is 3. The molecule has 2 aromatic rings. The molecule has 0 atom stereocenters. The molecule has 0 bridgehead atoms. The fraction of sp³-hybridized carbons (Fsp3) is 0.182. The van der Waals surface area contributed by atoms with Crippen LogP contribution in [0.1, 0.15) is 6.92 Å². The van der Waals surface area contributed by atoms with E-state index in [0.29, 0.717) is 5.82 Å². The van der Waals surface area contributed by atoms with Crippen molar-refractivity contribution < 1.29 is 0 Å². The number of nitrogens with zero attached hydrogens (tertiary/aromatic N) is 2. The molecule has 0 aliphatic carbocycles. The zero-order valence-corrected chi connectivity index (χ0v) is 9.37. The smallest absolute Gasteiger partial charge is 0.128 e. The summed E-state index contributed by atoms with van der Waals surface area (Å²) in [6.45, 7) is 2.10. The highest BCUT2D eigenvalue weighted by Gasteiger charge is 2.05. The topological polar surface area (TPSA) is 43.8 Å². The highest BCUT2D eigenvalue weighted by atomic mass is 32.2. The summed E-state index contributed by atoms with van der Waals surface area (Å²) >= 11 is 1.69. The van der Waals surface area contributed by atoms with Crippen LogP contribution in [-0.4, -0.2) is 15.5 Å². The predicted molar refractivity (Wildman–Crippen MR) is 64.4 cm³/mol. The maximum absolute atomic E-state index is 5.89. The number of anilines is 1. The molecule has 0 fully saturated rings. The molecular formula is C11H13N3S. The third kappa shape index (κ3) is 2.15.